The van der Waals surface area contributed by atoms with Crippen LogP contribution in [0.2, 0.25) is 0 Å². The largest absolute Gasteiger partial charge is 0.462 e. The number of rotatable bonds is 41. The van der Waals surface area contributed by atoms with Gasteiger partial charge in [-0.25, -0.2) is 0 Å². The SMILES string of the molecule is CC/C=C\C/C=C\C/C=C\C/C=C\C/C=C\C/C=C\CCC(=O)OCC(COC(=O)CCCCCCCCCCCCC)OC(=O)CC/C=C\C/C=C\C/C=C\C/C=C\CC. The minimum Gasteiger partial charge on any atom is -0.462 e. The van der Waals surface area contributed by atoms with Crippen LogP contribution in [0.1, 0.15) is 188 Å². The topological polar surface area (TPSA) is 78.9 Å². The molecule has 0 aromatic carbocycles. The van der Waals surface area contributed by atoms with Gasteiger partial charge in [-0.3, -0.25) is 14.4 Å². The molecular formula is C55H86O6. The average Bonchev–Trinajstić information content (AvgIpc) is 3.26. The Morgan fingerprint density at radius 3 is 1.00 bits per heavy atom. The molecule has 0 saturated heterocycles. The van der Waals surface area contributed by atoms with E-state index in [0.29, 0.717) is 19.3 Å². The first-order chi connectivity index (χ1) is 30.0. The summed E-state index contributed by atoms with van der Waals surface area (Å²) >= 11 is 0. The number of ether oxygens (including phenoxy) is 3. The first kappa shape index (κ1) is 56.8. The Bertz CT molecular complexity index is 1340. The Balaban J connectivity index is 4.59. The van der Waals surface area contributed by atoms with Crippen molar-refractivity contribution in [3.63, 3.8) is 0 Å². The van der Waals surface area contributed by atoms with Crippen molar-refractivity contribution in [1.29, 1.82) is 0 Å². The van der Waals surface area contributed by atoms with Crippen molar-refractivity contribution in [3.05, 3.63) is 122 Å². The average molecular weight is 843 g/mol. The molecular weight excluding hydrogens is 757 g/mol. The predicted molar refractivity (Wildman–Crippen MR) is 260 cm³/mol. The van der Waals surface area contributed by atoms with Crippen LogP contribution in [0.15, 0.2) is 122 Å². The highest BCUT2D eigenvalue weighted by Gasteiger charge is 2.19. The van der Waals surface area contributed by atoms with Crippen LogP contribution in [0.3, 0.4) is 0 Å². The van der Waals surface area contributed by atoms with Crippen LogP contribution in [0.5, 0.6) is 0 Å². The summed E-state index contributed by atoms with van der Waals surface area (Å²) < 4.78 is 16.6. The van der Waals surface area contributed by atoms with Gasteiger partial charge >= 0.3 is 17.9 Å². The van der Waals surface area contributed by atoms with Crippen LogP contribution in [0.25, 0.3) is 0 Å². The highest BCUT2D eigenvalue weighted by Crippen LogP contribution is 2.13. The molecule has 61 heavy (non-hydrogen) atoms. The molecule has 0 fully saturated rings. The Hall–Kier alpha value is -4.19. The van der Waals surface area contributed by atoms with E-state index in [1.807, 2.05) is 24.3 Å². The van der Waals surface area contributed by atoms with Crippen LogP contribution in [0, 0.1) is 0 Å². The number of carbonyl (C=O) groups excluding carboxylic acids is 3. The fourth-order valence-corrected chi connectivity index (χ4v) is 5.95. The number of hydrogen-bond donors (Lipinski definition) is 0. The Kier molecular flexibility index (Phi) is 45.1. The third kappa shape index (κ3) is 46.7. The number of carbonyl (C=O) groups is 3. The molecule has 0 aromatic heterocycles. The summed E-state index contributed by atoms with van der Waals surface area (Å²) in [6.07, 6.45) is 66.4. The number of allylic oxidation sites excluding steroid dienone is 20. The van der Waals surface area contributed by atoms with Gasteiger partial charge in [0.15, 0.2) is 6.10 Å². The molecule has 342 valence electrons. The normalized spacial score (nSPS) is 13.2. The van der Waals surface area contributed by atoms with Gasteiger partial charge in [0, 0.05) is 19.3 Å². The molecule has 0 amide bonds. The molecule has 1 unspecified atom stereocenters. The van der Waals surface area contributed by atoms with E-state index in [0.717, 1.165) is 83.5 Å². The molecule has 0 N–H and O–H groups in total. The number of hydrogen-bond acceptors (Lipinski definition) is 6. The second kappa shape index (κ2) is 48.5. The summed E-state index contributed by atoms with van der Waals surface area (Å²) in [7, 11) is 0. The van der Waals surface area contributed by atoms with E-state index in [9.17, 15) is 14.4 Å². The second-order valence-electron chi connectivity index (χ2n) is 15.3. The highest BCUT2D eigenvalue weighted by molar-refractivity contribution is 5.71. The van der Waals surface area contributed by atoms with Crippen molar-refractivity contribution in [2.24, 2.45) is 0 Å². The third-order valence-corrected chi connectivity index (χ3v) is 9.49. The number of esters is 3. The summed E-state index contributed by atoms with van der Waals surface area (Å²) in [4.78, 5) is 37.8. The predicted octanol–water partition coefficient (Wildman–Crippen LogP) is 15.7. The molecule has 0 aromatic rings. The molecule has 0 aliphatic rings. The van der Waals surface area contributed by atoms with Crippen LogP contribution in [-0.2, 0) is 28.6 Å². The van der Waals surface area contributed by atoms with Gasteiger partial charge in [0.05, 0.1) is 0 Å². The molecule has 0 aliphatic heterocycles. The van der Waals surface area contributed by atoms with Gasteiger partial charge in [-0.1, -0.05) is 206 Å². The van der Waals surface area contributed by atoms with Crippen molar-refractivity contribution in [2.45, 2.75) is 194 Å². The highest BCUT2D eigenvalue weighted by atomic mass is 16.6. The van der Waals surface area contributed by atoms with Crippen molar-refractivity contribution in [1.82, 2.24) is 0 Å². The summed E-state index contributed by atoms with van der Waals surface area (Å²) in [5.41, 5.74) is 0. The molecule has 0 heterocycles. The standard InChI is InChI=1S/C55H86O6/c1-4-7-10-13-16-19-22-24-25-26-27-28-29-31-33-36-39-42-45-48-54(57)60-51-52(50-59-53(56)47-44-41-38-35-32-21-18-15-12-9-6-3)61-55(58)49-46-43-40-37-34-30-23-20-17-14-11-8-5-2/h7-8,10-11,16-17,19-20,24-25,27-28,30-31,33-34,39-40,42-43,52H,4-6,9,12-15,18,21-23,26,29,32,35-38,41,44-51H2,1-3H3/b10-7-,11-8-,19-16-,20-17-,25-24-,28-27-,33-31-,34-30-,42-39-,43-40-. The quantitative estimate of drug-likeness (QED) is 0.0264. The molecule has 0 saturated carbocycles. The maximum absolute atomic E-state index is 12.7. The van der Waals surface area contributed by atoms with Gasteiger partial charge in [-0.05, 0) is 83.5 Å². The molecule has 0 bridgehead atoms. The monoisotopic (exact) mass is 843 g/mol. The fourth-order valence-electron chi connectivity index (χ4n) is 5.95. The van der Waals surface area contributed by atoms with Crippen molar-refractivity contribution < 1.29 is 28.6 Å². The molecule has 0 aliphatic carbocycles. The summed E-state index contributed by atoms with van der Waals surface area (Å²) in [5, 5.41) is 0. The van der Waals surface area contributed by atoms with E-state index in [4.69, 9.17) is 14.2 Å². The molecule has 6 nitrogen and oxygen atoms in total. The van der Waals surface area contributed by atoms with E-state index in [-0.39, 0.29) is 38.0 Å². The summed E-state index contributed by atoms with van der Waals surface area (Å²) in [6.45, 7) is 6.24. The third-order valence-electron chi connectivity index (χ3n) is 9.49. The molecule has 0 radical (unpaired) electrons. The first-order valence-electron chi connectivity index (χ1n) is 24.0. The minimum absolute atomic E-state index is 0.132. The zero-order valence-corrected chi connectivity index (χ0v) is 38.9. The zero-order valence-electron chi connectivity index (χ0n) is 38.9. The first-order valence-corrected chi connectivity index (χ1v) is 24.0. The Morgan fingerprint density at radius 1 is 0.344 bits per heavy atom. The van der Waals surface area contributed by atoms with E-state index in [1.54, 1.807) is 0 Å². The minimum atomic E-state index is -0.846. The van der Waals surface area contributed by atoms with Crippen LogP contribution < -0.4 is 0 Å². The van der Waals surface area contributed by atoms with E-state index >= 15 is 0 Å². The van der Waals surface area contributed by atoms with E-state index in [1.165, 1.54) is 51.4 Å². The van der Waals surface area contributed by atoms with Gasteiger partial charge in [0.25, 0.3) is 0 Å². The van der Waals surface area contributed by atoms with Gasteiger partial charge in [0.2, 0.25) is 0 Å². The van der Waals surface area contributed by atoms with Gasteiger partial charge in [-0.15, -0.1) is 0 Å². The lowest BCUT2D eigenvalue weighted by atomic mass is 10.1. The number of unbranched alkanes of at least 4 members (excludes halogenated alkanes) is 10. The van der Waals surface area contributed by atoms with Crippen LogP contribution in [-0.4, -0.2) is 37.2 Å². The Morgan fingerprint density at radius 2 is 0.639 bits per heavy atom. The van der Waals surface area contributed by atoms with E-state index in [2.05, 4.69) is 118 Å². The van der Waals surface area contributed by atoms with Crippen molar-refractivity contribution >= 4 is 17.9 Å². The van der Waals surface area contributed by atoms with Gasteiger partial charge < -0.3 is 14.2 Å². The van der Waals surface area contributed by atoms with Crippen molar-refractivity contribution in [3.8, 4) is 0 Å². The van der Waals surface area contributed by atoms with E-state index < -0.39 is 12.1 Å². The Labute approximate surface area is 373 Å². The molecule has 0 spiro atoms. The van der Waals surface area contributed by atoms with Gasteiger partial charge in [-0.2, -0.15) is 0 Å². The van der Waals surface area contributed by atoms with Crippen LogP contribution >= 0.6 is 0 Å². The second-order valence-corrected chi connectivity index (χ2v) is 15.3. The lowest BCUT2D eigenvalue weighted by molar-refractivity contribution is -0.166. The van der Waals surface area contributed by atoms with Crippen molar-refractivity contribution in [2.75, 3.05) is 13.2 Å². The zero-order chi connectivity index (χ0) is 44.4. The summed E-state index contributed by atoms with van der Waals surface area (Å²) in [6, 6.07) is 0. The molecule has 0 rings (SSSR count). The maximum atomic E-state index is 12.7. The summed E-state index contributed by atoms with van der Waals surface area (Å²) in [5.74, 6) is -1.11. The molecule has 1 atom stereocenters. The van der Waals surface area contributed by atoms with Gasteiger partial charge in [0.1, 0.15) is 13.2 Å². The fraction of sp³-hybridized carbons (Fsp3) is 0.582. The lowest BCUT2D eigenvalue weighted by Crippen LogP contribution is -2.30. The molecule has 6 heteroatoms. The smallest absolute Gasteiger partial charge is 0.306 e. The maximum Gasteiger partial charge on any atom is 0.306 e. The lowest BCUT2D eigenvalue weighted by Gasteiger charge is -2.18. The van der Waals surface area contributed by atoms with Crippen LogP contribution in [0.4, 0.5) is 0 Å².